The Balaban J connectivity index is 1.81. The first-order valence-corrected chi connectivity index (χ1v) is 16.9. The first kappa shape index (κ1) is 33.5. The predicted molar refractivity (Wildman–Crippen MR) is 179 cm³/mol. The number of hydrogen-bond donors (Lipinski definition) is 1. The summed E-state index contributed by atoms with van der Waals surface area (Å²) in [5.41, 5.74) is 1.68. The maximum absolute atomic E-state index is 14.4. The van der Waals surface area contributed by atoms with Crippen LogP contribution in [0.15, 0.2) is 112 Å². The van der Waals surface area contributed by atoms with E-state index >= 15 is 0 Å². The second-order valence-electron chi connectivity index (χ2n) is 10.4. The lowest BCUT2D eigenvalue weighted by Gasteiger charge is -2.34. The lowest BCUT2D eigenvalue weighted by atomic mass is 10.0. The van der Waals surface area contributed by atoms with Crippen LogP contribution in [-0.4, -0.2) is 43.8 Å². The first-order chi connectivity index (χ1) is 21.0. The van der Waals surface area contributed by atoms with Gasteiger partial charge in [0.1, 0.15) is 12.6 Å². The molecule has 0 aliphatic carbocycles. The summed E-state index contributed by atoms with van der Waals surface area (Å²) in [7, 11) is -4.18. The van der Waals surface area contributed by atoms with Gasteiger partial charge in [-0.2, -0.15) is 0 Å². The Labute approximate surface area is 277 Å². The molecular formula is C33H32BrCl2N3O4S. The summed E-state index contributed by atoms with van der Waals surface area (Å²) in [6.45, 7) is 3.05. The highest BCUT2D eigenvalue weighted by Gasteiger charge is 2.35. The van der Waals surface area contributed by atoms with Gasteiger partial charge in [0.15, 0.2) is 0 Å². The molecule has 0 bridgehead atoms. The van der Waals surface area contributed by atoms with Gasteiger partial charge < -0.3 is 10.2 Å². The van der Waals surface area contributed by atoms with Crippen LogP contribution in [0.4, 0.5) is 5.69 Å². The number of halogens is 3. The smallest absolute Gasteiger partial charge is 0.264 e. The number of anilines is 1. The van der Waals surface area contributed by atoms with Gasteiger partial charge in [0.25, 0.3) is 10.0 Å². The summed E-state index contributed by atoms with van der Waals surface area (Å²) in [5.74, 6) is -0.957. The summed E-state index contributed by atoms with van der Waals surface area (Å²) in [6.07, 6.45) is 0.195. The molecule has 4 rings (SSSR count). The molecule has 2 amide bonds. The van der Waals surface area contributed by atoms with Crippen molar-refractivity contribution in [3.8, 4) is 0 Å². The van der Waals surface area contributed by atoms with Crippen molar-refractivity contribution in [3.05, 3.63) is 129 Å². The van der Waals surface area contributed by atoms with Crippen molar-refractivity contribution in [2.24, 2.45) is 0 Å². The summed E-state index contributed by atoms with van der Waals surface area (Å²) >= 11 is 16.1. The largest absolute Gasteiger partial charge is 0.352 e. The van der Waals surface area contributed by atoms with Crippen LogP contribution in [-0.2, 0) is 32.6 Å². The number of rotatable bonds is 12. The average molecular weight is 718 g/mol. The van der Waals surface area contributed by atoms with Gasteiger partial charge in [-0.3, -0.25) is 13.9 Å². The molecule has 4 aromatic rings. The fraction of sp³-hybridized carbons (Fsp3) is 0.212. The second kappa shape index (κ2) is 15.1. The van der Waals surface area contributed by atoms with Crippen molar-refractivity contribution in [1.82, 2.24) is 10.2 Å². The van der Waals surface area contributed by atoms with Gasteiger partial charge in [-0.25, -0.2) is 8.42 Å². The van der Waals surface area contributed by atoms with Gasteiger partial charge in [-0.1, -0.05) is 93.7 Å². The first-order valence-electron chi connectivity index (χ1n) is 13.9. The zero-order valence-corrected chi connectivity index (χ0v) is 28.1. The van der Waals surface area contributed by atoms with Crippen molar-refractivity contribution < 1.29 is 18.0 Å². The van der Waals surface area contributed by atoms with Gasteiger partial charge in [0.2, 0.25) is 11.8 Å². The molecule has 11 heteroatoms. The quantitative estimate of drug-likeness (QED) is 0.169. The Morgan fingerprint density at radius 2 is 1.48 bits per heavy atom. The molecule has 44 heavy (non-hydrogen) atoms. The number of nitrogens with zero attached hydrogens (tertiary/aromatic N) is 2. The molecule has 0 radical (unpaired) electrons. The highest BCUT2D eigenvalue weighted by molar-refractivity contribution is 9.10. The van der Waals surface area contributed by atoms with E-state index in [9.17, 15) is 18.0 Å². The van der Waals surface area contributed by atoms with Crippen LogP contribution >= 0.6 is 39.1 Å². The van der Waals surface area contributed by atoms with E-state index in [0.29, 0.717) is 21.3 Å². The van der Waals surface area contributed by atoms with Crippen molar-refractivity contribution in [1.29, 1.82) is 0 Å². The van der Waals surface area contributed by atoms with Crippen molar-refractivity contribution in [3.63, 3.8) is 0 Å². The lowest BCUT2D eigenvalue weighted by Crippen LogP contribution is -2.54. The van der Waals surface area contributed by atoms with Crippen molar-refractivity contribution >= 4 is 66.7 Å². The van der Waals surface area contributed by atoms with Gasteiger partial charge in [-0.15, -0.1) is 0 Å². The molecule has 230 valence electrons. The van der Waals surface area contributed by atoms with Gasteiger partial charge in [-0.05, 0) is 73.5 Å². The standard InChI is InChI=1S/C33H32BrCl2N3O4S/c1-23(2)37-33(41)31(19-24-9-5-3-6-10-24)38(21-25-13-16-27(35)20-30(25)36)32(40)22-39(28-17-14-26(34)15-18-28)44(42,43)29-11-7-4-8-12-29/h3-18,20,23,31H,19,21-22H2,1-2H3,(H,37,41)/t31-/m1/s1. The maximum atomic E-state index is 14.4. The van der Waals surface area contributed by atoms with E-state index in [1.807, 2.05) is 44.2 Å². The Bertz CT molecular complexity index is 1690. The molecule has 0 fully saturated rings. The normalized spacial score (nSPS) is 12.0. The summed E-state index contributed by atoms with van der Waals surface area (Å²) in [6, 6.07) is 27.6. The van der Waals surface area contributed by atoms with Crippen LogP contribution in [0.1, 0.15) is 25.0 Å². The number of carbonyl (C=O) groups is 2. The van der Waals surface area contributed by atoms with Crippen LogP contribution in [0.25, 0.3) is 0 Å². The van der Waals surface area contributed by atoms with E-state index < -0.39 is 28.5 Å². The van der Waals surface area contributed by atoms with E-state index in [1.165, 1.54) is 17.0 Å². The molecule has 0 saturated carbocycles. The number of carbonyl (C=O) groups excluding carboxylic acids is 2. The number of benzene rings is 4. The Hall–Kier alpha value is -3.37. The van der Waals surface area contributed by atoms with E-state index in [0.717, 1.165) is 14.3 Å². The minimum absolute atomic E-state index is 0.0291. The van der Waals surface area contributed by atoms with Crippen molar-refractivity contribution in [2.75, 3.05) is 10.8 Å². The third-order valence-corrected chi connectivity index (χ3v) is 9.69. The Morgan fingerprint density at radius 1 is 0.864 bits per heavy atom. The van der Waals surface area contributed by atoms with E-state index in [-0.39, 0.29) is 29.8 Å². The second-order valence-corrected chi connectivity index (χ2v) is 14.0. The number of amides is 2. The molecule has 0 saturated heterocycles. The Morgan fingerprint density at radius 3 is 2.07 bits per heavy atom. The molecule has 7 nitrogen and oxygen atoms in total. The monoisotopic (exact) mass is 715 g/mol. The molecule has 0 spiro atoms. The minimum atomic E-state index is -4.18. The third kappa shape index (κ3) is 8.63. The van der Waals surface area contributed by atoms with Crippen LogP contribution < -0.4 is 9.62 Å². The van der Waals surface area contributed by atoms with Crippen molar-refractivity contribution in [2.45, 2.75) is 43.8 Å². The maximum Gasteiger partial charge on any atom is 0.264 e. The van der Waals surface area contributed by atoms with Gasteiger partial charge in [0, 0.05) is 33.5 Å². The fourth-order valence-electron chi connectivity index (χ4n) is 4.62. The van der Waals surface area contributed by atoms with E-state index in [2.05, 4.69) is 21.2 Å². The summed E-state index contributed by atoms with van der Waals surface area (Å²) in [4.78, 5) is 29.6. The molecule has 1 atom stereocenters. The van der Waals surface area contributed by atoms with Gasteiger partial charge in [0.05, 0.1) is 10.6 Å². The SMILES string of the molecule is CC(C)NC(=O)[C@@H](Cc1ccccc1)N(Cc1ccc(Cl)cc1Cl)C(=O)CN(c1ccc(Br)cc1)S(=O)(=O)c1ccccc1. The van der Waals surface area contributed by atoms with Crippen LogP contribution in [0.2, 0.25) is 10.0 Å². The molecule has 1 N–H and O–H groups in total. The average Bonchev–Trinajstić information content (AvgIpc) is 2.99. The topological polar surface area (TPSA) is 86.8 Å². The molecule has 4 aromatic carbocycles. The minimum Gasteiger partial charge on any atom is -0.352 e. The molecule has 0 aliphatic rings. The molecule has 0 aliphatic heterocycles. The number of hydrogen-bond acceptors (Lipinski definition) is 4. The molecule has 0 unspecified atom stereocenters. The predicted octanol–water partition coefficient (Wildman–Crippen LogP) is 7.12. The Kier molecular flexibility index (Phi) is 11.5. The lowest BCUT2D eigenvalue weighted by molar-refractivity contribution is -0.140. The third-order valence-electron chi connectivity index (χ3n) is 6.78. The zero-order valence-electron chi connectivity index (χ0n) is 24.2. The molecule has 0 aromatic heterocycles. The molecule has 0 heterocycles. The summed E-state index contributed by atoms with van der Waals surface area (Å²) in [5, 5.41) is 3.67. The highest BCUT2D eigenvalue weighted by atomic mass is 79.9. The van der Waals surface area contributed by atoms with Gasteiger partial charge >= 0.3 is 0 Å². The summed E-state index contributed by atoms with van der Waals surface area (Å²) < 4.78 is 29.8. The van der Waals surface area contributed by atoms with Crippen LogP contribution in [0.3, 0.4) is 0 Å². The van der Waals surface area contributed by atoms with E-state index in [4.69, 9.17) is 23.2 Å². The highest BCUT2D eigenvalue weighted by Crippen LogP contribution is 2.28. The van der Waals surface area contributed by atoms with Crippen LogP contribution in [0, 0.1) is 0 Å². The zero-order chi connectivity index (χ0) is 31.9. The fourth-order valence-corrected chi connectivity index (χ4v) is 6.79. The number of nitrogens with one attached hydrogen (secondary N) is 1. The van der Waals surface area contributed by atoms with E-state index in [1.54, 1.807) is 60.7 Å². The number of sulfonamides is 1. The van der Waals surface area contributed by atoms with Crippen LogP contribution in [0.5, 0.6) is 0 Å². The molecular weight excluding hydrogens is 685 g/mol.